The summed E-state index contributed by atoms with van der Waals surface area (Å²) >= 11 is 0. The Morgan fingerprint density at radius 1 is 1.48 bits per heavy atom. The van der Waals surface area contributed by atoms with Crippen molar-refractivity contribution >= 4 is 5.82 Å². The summed E-state index contributed by atoms with van der Waals surface area (Å²) in [5.74, 6) is 1.44. The average Bonchev–Trinajstić information content (AvgIpc) is 3.11. The van der Waals surface area contributed by atoms with Gasteiger partial charge in [-0.15, -0.1) is 0 Å². The van der Waals surface area contributed by atoms with Gasteiger partial charge in [-0.1, -0.05) is 5.16 Å². The molecule has 1 fully saturated rings. The van der Waals surface area contributed by atoms with E-state index in [-0.39, 0.29) is 11.7 Å². The first kappa shape index (κ1) is 15.3. The highest BCUT2D eigenvalue weighted by Crippen LogP contribution is 2.22. The van der Waals surface area contributed by atoms with E-state index in [4.69, 9.17) is 9.78 Å². The Labute approximate surface area is 132 Å². The highest BCUT2D eigenvalue weighted by molar-refractivity contribution is 5.46. The zero-order valence-electron chi connectivity index (χ0n) is 12.6. The van der Waals surface area contributed by atoms with Crippen LogP contribution in [0.2, 0.25) is 0 Å². The van der Waals surface area contributed by atoms with Crippen LogP contribution in [0.25, 0.3) is 0 Å². The smallest absolute Gasteiger partial charge is 0.223 e. The van der Waals surface area contributed by atoms with Gasteiger partial charge in [-0.2, -0.15) is 10.2 Å². The Morgan fingerprint density at radius 2 is 2.30 bits per heavy atom. The van der Waals surface area contributed by atoms with E-state index in [2.05, 4.69) is 25.4 Å². The number of nitrogens with one attached hydrogen (secondary N) is 1. The largest absolute Gasteiger partial charge is 0.366 e. The third-order valence-electron chi connectivity index (χ3n) is 3.70. The van der Waals surface area contributed by atoms with Crippen molar-refractivity contribution in [2.75, 3.05) is 18.4 Å². The van der Waals surface area contributed by atoms with Gasteiger partial charge in [0.25, 0.3) is 0 Å². The first-order valence-corrected chi connectivity index (χ1v) is 7.28. The van der Waals surface area contributed by atoms with Gasteiger partial charge in [0.05, 0.1) is 6.54 Å². The van der Waals surface area contributed by atoms with E-state index >= 15 is 0 Å². The number of rotatable bonds is 5. The van der Waals surface area contributed by atoms with Gasteiger partial charge in [0, 0.05) is 38.4 Å². The van der Waals surface area contributed by atoms with Crippen molar-refractivity contribution in [3.8, 4) is 6.07 Å². The molecule has 120 valence electrons. The predicted octanol–water partition coefficient (Wildman–Crippen LogP) is 1.06. The molecule has 0 spiro atoms. The van der Waals surface area contributed by atoms with Crippen LogP contribution < -0.4 is 5.32 Å². The Kier molecular flexibility index (Phi) is 4.43. The quantitative estimate of drug-likeness (QED) is 0.873. The first-order chi connectivity index (χ1) is 11.2. The maximum Gasteiger partial charge on any atom is 0.223 e. The molecule has 0 aliphatic carbocycles. The minimum atomic E-state index is -0.896. The maximum absolute atomic E-state index is 13.8. The van der Waals surface area contributed by atoms with Crippen LogP contribution in [-0.4, -0.2) is 50.3 Å². The number of nitrogens with zero attached hydrogens (tertiary/aromatic N) is 6. The lowest BCUT2D eigenvalue weighted by Crippen LogP contribution is -2.35. The Hall–Kier alpha value is -2.60. The topological polar surface area (TPSA) is 104 Å². The lowest BCUT2D eigenvalue weighted by molar-refractivity contribution is 0.232. The van der Waals surface area contributed by atoms with Crippen molar-refractivity contribution in [1.29, 1.82) is 5.26 Å². The number of anilines is 1. The van der Waals surface area contributed by atoms with Gasteiger partial charge >= 0.3 is 0 Å². The number of aryl methyl sites for hydroxylation is 1. The highest BCUT2D eigenvalue weighted by atomic mass is 19.1. The van der Waals surface area contributed by atoms with Crippen LogP contribution in [0, 0.1) is 18.3 Å². The summed E-state index contributed by atoms with van der Waals surface area (Å²) in [6.45, 7) is 2.93. The molecule has 2 aromatic rings. The summed E-state index contributed by atoms with van der Waals surface area (Å²) in [7, 11) is 0. The molecule has 23 heavy (non-hydrogen) atoms. The predicted molar refractivity (Wildman–Crippen MR) is 78.0 cm³/mol. The summed E-state index contributed by atoms with van der Waals surface area (Å²) in [6.07, 6.45) is 2.48. The Morgan fingerprint density at radius 3 is 3.04 bits per heavy atom. The van der Waals surface area contributed by atoms with E-state index in [9.17, 15) is 4.39 Å². The number of alkyl halides is 1. The fourth-order valence-corrected chi connectivity index (χ4v) is 2.68. The third-order valence-corrected chi connectivity index (χ3v) is 3.70. The van der Waals surface area contributed by atoms with Gasteiger partial charge in [0.2, 0.25) is 5.89 Å². The lowest BCUT2D eigenvalue weighted by atomic mass is 10.2. The van der Waals surface area contributed by atoms with Crippen LogP contribution in [0.4, 0.5) is 10.2 Å². The van der Waals surface area contributed by atoms with Gasteiger partial charge in [0.1, 0.15) is 12.2 Å². The van der Waals surface area contributed by atoms with E-state index < -0.39 is 6.17 Å². The summed E-state index contributed by atoms with van der Waals surface area (Å²) in [5, 5.41) is 15.9. The Bertz CT molecular complexity index is 713. The zero-order valence-corrected chi connectivity index (χ0v) is 12.6. The van der Waals surface area contributed by atoms with E-state index in [1.165, 1.54) is 12.4 Å². The van der Waals surface area contributed by atoms with Crippen molar-refractivity contribution in [3.63, 3.8) is 0 Å². The van der Waals surface area contributed by atoms with E-state index in [1.807, 2.05) is 11.0 Å². The van der Waals surface area contributed by atoms with Crippen LogP contribution >= 0.6 is 0 Å². The molecule has 9 heteroatoms. The normalized spacial score (nSPS) is 21.3. The standard InChI is InChI=1S/C14H16FN7O/c1-9-20-13(21-23-9)8-22-7-10(15)4-11(22)6-19-14-12(5-16)17-2-3-18-14/h2-3,10-11H,4,6-8H2,1H3,(H,18,19)/t10-,11-/m0/s1. The Balaban J connectivity index is 1.64. The molecule has 0 amide bonds. The molecule has 0 saturated carbocycles. The molecule has 1 aliphatic rings. The van der Waals surface area contributed by atoms with E-state index in [0.717, 1.165) is 0 Å². The zero-order chi connectivity index (χ0) is 16.2. The van der Waals surface area contributed by atoms with Gasteiger partial charge in [-0.25, -0.2) is 14.4 Å². The van der Waals surface area contributed by atoms with Crippen molar-refractivity contribution in [3.05, 3.63) is 29.8 Å². The highest BCUT2D eigenvalue weighted by Gasteiger charge is 2.32. The number of hydrogen-bond acceptors (Lipinski definition) is 8. The monoisotopic (exact) mass is 317 g/mol. The summed E-state index contributed by atoms with van der Waals surface area (Å²) in [4.78, 5) is 14.1. The molecule has 0 unspecified atom stereocenters. The average molecular weight is 317 g/mol. The van der Waals surface area contributed by atoms with Gasteiger partial charge in [0.15, 0.2) is 17.3 Å². The molecule has 3 heterocycles. The van der Waals surface area contributed by atoms with Crippen LogP contribution in [0.15, 0.2) is 16.9 Å². The number of hydrogen-bond donors (Lipinski definition) is 1. The first-order valence-electron chi connectivity index (χ1n) is 7.28. The third kappa shape index (κ3) is 3.60. The van der Waals surface area contributed by atoms with Crippen molar-refractivity contribution in [2.45, 2.75) is 32.1 Å². The fraction of sp³-hybridized carbons (Fsp3) is 0.500. The second-order valence-electron chi connectivity index (χ2n) is 5.39. The molecule has 3 rings (SSSR count). The van der Waals surface area contributed by atoms with Crippen LogP contribution in [0.1, 0.15) is 23.8 Å². The molecule has 1 N–H and O–H groups in total. The fourth-order valence-electron chi connectivity index (χ4n) is 2.68. The molecular weight excluding hydrogens is 301 g/mol. The van der Waals surface area contributed by atoms with Crippen LogP contribution in [-0.2, 0) is 6.54 Å². The van der Waals surface area contributed by atoms with Crippen LogP contribution in [0.5, 0.6) is 0 Å². The minimum Gasteiger partial charge on any atom is -0.366 e. The molecule has 2 aromatic heterocycles. The van der Waals surface area contributed by atoms with Crippen molar-refractivity contribution < 1.29 is 8.91 Å². The van der Waals surface area contributed by atoms with Gasteiger partial charge < -0.3 is 9.84 Å². The molecule has 1 saturated heterocycles. The second kappa shape index (κ2) is 6.66. The maximum atomic E-state index is 13.8. The number of likely N-dealkylation sites (tertiary alicyclic amines) is 1. The van der Waals surface area contributed by atoms with Crippen molar-refractivity contribution in [1.82, 2.24) is 25.0 Å². The molecular formula is C14H16FN7O. The number of halogens is 1. The lowest BCUT2D eigenvalue weighted by Gasteiger charge is -2.23. The van der Waals surface area contributed by atoms with Gasteiger partial charge in [-0.3, -0.25) is 4.90 Å². The molecule has 1 aliphatic heterocycles. The van der Waals surface area contributed by atoms with E-state index in [0.29, 0.717) is 43.6 Å². The summed E-state index contributed by atoms with van der Waals surface area (Å²) < 4.78 is 18.7. The van der Waals surface area contributed by atoms with Gasteiger partial charge in [-0.05, 0) is 6.42 Å². The summed E-state index contributed by atoms with van der Waals surface area (Å²) in [6, 6.07) is 1.93. The second-order valence-corrected chi connectivity index (χ2v) is 5.39. The molecule has 0 bridgehead atoms. The number of aromatic nitrogens is 4. The molecule has 2 atom stereocenters. The van der Waals surface area contributed by atoms with Crippen molar-refractivity contribution in [2.24, 2.45) is 0 Å². The molecule has 8 nitrogen and oxygen atoms in total. The number of nitriles is 1. The summed E-state index contributed by atoms with van der Waals surface area (Å²) in [5.41, 5.74) is 0.225. The molecule has 0 aromatic carbocycles. The minimum absolute atomic E-state index is 0.0441. The van der Waals surface area contributed by atoms with Crippen LogP contribution in [0.3, 0.4) is 0 Å². The molecule has 0 radical (unpaired) electrons. The SMILES string of the molecule is Cc1nc(CN2C[C@@H](F)C[C@H]2CNc2nccnc2C#N)no1. The van der Waals surface area contributed by atoms with E-state index in [1.54, 1.807) is 6.92 Å².